The van der Waals surface area contributed by atoms with Crippen molar-refractivity contribution in [2.24, 2.45) is 0 Å². The monoisotopic (exact) mass is 332 g/mol. The molecule has 1 saturated heterocycles. The fourth-order valence-electron chi connectivity index (χ4n) is 2.76. The Morgan fingerprint density at radius 1 is 1.17 bits per heavy atom. The molecule has 0 aromatic heterocycles. The lowest BCUT2D eigenvalue weighted by Crippen LogP contribution is -2.54. The van der Waals surface area contributed by atoms with Gasteiger partial charge in [-0.3, -0.25) is 0 Å². The second-order valence-corrected chi connectivity index (χ2v) is 5.95. The minimum Gasteiger partial charge on any atom is -0.497 e. The average molecular weight is 333 g/mol. The highest BCUT2D eigenvalue weighted by atomic mass is 35.5. The predicted octanol–water partition coefficient (Wildman–Crippen LogP) is 3.21. The van der Waals surface area contributed by atoms with Crippen LogP contribution in [0.25, 0.3) is 0 Å². The van der Waals surface area contributed by atoms with Crippen LogP contribution in [0.3, 0.4) is 0 Å². The largest absolute Gasteiger partial charge is 0.497 e. The molecule has 23 heavy (non-hydrogen) atoms. The van der Waals surface area contributed by atoms with Gasteiger partial charge in [0.2, 0.25) is 0 Å². The van der Waals surface area contributed by atoms with E-state index in [0.717, 1.165) is 41.8 Å². The Hall–Kier alpha value is -1.91. The van der Waals surface area contributed by atoms with Crippen molar-refractivity contribution in [3.8, 4) is 11.5 Å². The van der Waals surface area contributed by atoms with E-state index in [1.165, 1.54) is 0 Å². The quantitative estimate of drug-likeness (QED) is 0.911. The number of rotatable bonds is 5. The summed E-state index contributed by atoms with van der Waals surface area (Å²) in [4.78, 5) is 2.37. The molecule has 1 N–H and O–H groups in total. The lowest BCUT2D eigenvalue weighted by atomic mass is 10.1. The summed E-state index contributed by atoms with van der Waals surface area (Å²) < 4.78 is 11.3. The van der Waals surface area contributed by atoms with Gasteiger partial charge in [0.15, 0.2) is 0 Å². The smallest absolute Gasteiger partial charge is 0.120 e. The summed E-state index contributed by atoms with van der Waals surface area (Å²) in [7, 11) is 1.69. The molecule has 3 rings (SSSR count). The van der Waals surface area contributed by atoms with E-state index in [0.29, 0.717) is 6.61 Å². The molecule has 0 amide bonds. The molecule has 1 aliphatic heterocycles. The zero-order valence-corrected chi connectivity index (χ0v) is 13.9. The number of halogens is 1. The normalized spacial score (nSPS) is 17.8. The zero-order valence-electron chi connectivity index (χ0n) is 13.2. The molecular formula is C18H21ClN2O2. The van der Waals surface area contributed by atoms with Crippen molar-refractivity contribution < 1.29 is 9.47 Å². The molecule has 5 heteroatoms. The van der Waals surface area contributed by atoms with Crippen molar-refractivity contribution in [2.75, 3.05) is 38.3 Å². The molecular weight excluding hydrogens is 312 g/mol. The number of methoxy groups -OCH3 is 1. The summed E-state index contributed by atoms with van der Waals surface area (Å²) in [5.74, 6) is 1.71. The van der Waals surface area contributed by atoms with Crippen LogP contribution in [0, 0.1) is 0 Å². The van der Waals surface area contributed by atoms with Gasteiger partial charge in [0.05, 0.1) is 13.2 Å². The predicted molar refractivity (Wildman–Crippen MR) is 93.9 cm³/mol. The molecule has 0 radical (unpaired) electrons. The highest BCUT2D eigenvalue weighted by Gasteiger charge is 2.23. The van der Waals surface area contributed by atoms with Crippen molar-refractivity contribution in [3.63, 3.8) is 0 Å². The fourth-order valence-corrected chi connectivity index (χ4v) is 2.89. The molecule has 0 aliphatic carbocycles. The summed E-state index contributed by atoms with van der Waals surface area (Å²) in [6, 6.07) is 15.9. The maximum atomic E-state index is 5.94. The number of hydrogen-bond acceptors (Lipinski definition) is 4. The van der Waals surface area contributed by atoms with Crippen LogP contribution >= 0.6 is 11.6 Å². The Labute approximate surface area is 142 Å². The lowest BCUT2D eigenvalue weighted by Gasteiger charge is -2.37. The maximum absolute atomic E-state index is 5.94. The van der Waals surface area contributed by atoms with E-state index in [2.05, 4.69) is 22.3 Å². The van der Waals surface area contributed by atoms with E-state index in [9.17, 15) is 0 Å². The number of anilines is 1. The number of ether oxygens (including phenoxy) is 2. The van der Waals surface area contributed by atoms with Crippen LogP contribution in [0.5, 0.6) is 11.5 Å². The van der Waals surface area contributed by atoms with E-state index in [1.54, 1.807) is 7.11 Å². The fraction of sp³-hybridized carbons (Fsp3) is 0.333. The van der Waals surface area contributed by atoms with E-state index in [4.69, 9.17) is 21.1 Å². The van der Waals surface area contributed by atoms with Crippen molar-refractivity contribution in [2.45, 2.75) is 6.04 Å². The SMILES string of the molecule is COc1cccc(N2CCNCC2COc2ccc(Cl)cc2)c1. The Bertz CT molecular complexity index is 633. The molecule has 0 spiro atoms. The third-order valence-electron chi connectivity index (χ3n) is 3.99. The summed E-state index contributed by atoms with van der Waals surface area (Å²) >= 11 is 5.91. The van der Waals surface area contributed by atoms with Crippen LogP contribution in [0.15, 0.2) is 48.5 Å². The highest BCUT2D eigenvalue weighted by molar-refractivity contribution is 6.30. The number of hydrogen-bond donors (Lipinski definition) is 1. The van der Waals surface area contributed by atoms with Gasteiger partial charge in [-0.2, -0.15) is 0 Å². The van der Waals surface area contributed by atoms with Gasteiger partial charge in [-0.1, -0.05) is 17.7 Å². The van der Waals surface area contributed by atoms with Gasteiger partial charge in [-0.25, -0.2) is 0 Å². The molecule has 1 aliphatic rings. The molecule has 122 valence electrons. The number of nitrogens with zero attached hydrogens (tertiary/aromatic N) is 1. The number of piperazine rings is 1. The first-order valence-corrected chi connectivity index (χ1v) is 8.14. The van der Waals surface area contributed by atoms with E-state index in [-0.39, 0.29) is 6.04 Å². The molecule has 0 saturated carbocycles. The van der Waals surface area contributed by atoms with Crippen LogP contribution in [0.1, 0.15) is 0 Å². The lowest BCUT2D eigenvalue weighted by molar-refractivity contribution is 0.267. The number of nitrogens with one attached hydrogen (secondary N) is 1. The first kappa shape index (κ1) is 16.0. The van der Waals surface area contributed by atoms with Crippen molar-refractivity contribution in [1.29, 1.82) is 0 Å². The minimum atomic E-state index is 0.270. The van der Waals surface area contributed by atoms with E-state index >= 15 is 0 Å². The molecule has 1 fully saturated rings. The third-order valence-corrected chi connectivity index (χ3v) is 4.24. The summed E-state index contributed by atoms with van der Waals surface area (Å²) in [5.41, 5.74) is 1.16. The second kappa shape index (κ2) is 7.57. The highest BCUT2D eigenvalue weighted by Crippen LogP contribution is 2.24. The van der Waals surface area contributed by atoms with Crippen LogP contribution in [-0.2, 0) is 0 Å². The standard InChI is InChI=1S/C18H21ClN2O2/c1-22-18-4-2-3-15(11-18)21-10-9-20-12-16(21)13-23-17-7-5-14(19)6-8-17/h2-8,11,16,20H,9-10,12-13H2,1H3. The van der Waals surface area contributed by atoms with Crippen LogP contribution < -0.4 is 19.7 Å². The molecule has 1 unspecified atom stereocenters. The summed E-state index contributed by atoms with van der Waals surface area (Å²) in [6.07, 6.45) is 0. The molecule has 0 bridgehead atoms. The topological polar surface area (TPSA) is 33.7 Å². The first-order chi connectivity index (χ1) is 11.3. The third kappa shape index (κ3) is 4.09. The van der Waals surface area contributed by atoms with Gasteiger partial charge in [0, 0.05) is 36.4 Å². The zero-order chi connectivity index (χ0) is 16.1. The van der Waals surface area contributed by atoms with Gasteiger partial charge in [0.1, 0.15) is 18.1 Å². The van der Waals surface area contributed by atoms with Crippen LogP contribution in [-0.4, -0.2) is 39.4 Å². The van der Waals surface area contributed by atoms with Crippen molar-refractivity contribution >= 4 is 17.3 Å². The molecule has 1 heterocycles. The average Bonchev–Trinajstić information content (AvgIpc) is 2.61. The Morgan fingerprint density at radius 2 is 2.00 bits per heavy atom. The van der Waals surface area contributed by atoms with E-state index < -0.39 is 0 Å². The Morgan fingerprint density at radius 3 is 2.78 bits per heavy atom. The van der Waals surface area contributed by atoms with E-state index in [1.807, 2.05) is 36.4 Å². The van der Waals surface area contributed by atoms with Gasteiger partial charge in [-0.15, -0.1) is 0 Å². The van der Waals surface area contributed by atoms with Crippen LogP contribution in [0.4, 0.5) is 5.69 Å². The van der Waals surface area contributed by atoms with Gasteiger partial charge >= 0.3 is 0 Å². The Kier molecular flexibility index (Phi) is 5.26. The van der Waals surface area contributed by atoms with Crippen molar-refractivity contribution in [1.82, 2.24) is 5.32 Å². The van der Waals surface area contributed by atoms with Gasteiger partial charge in [-0.05, 0) is 36.4 Å². The van der Waals surface area contributed by atoms with Gasteiger partial charge < -0.3 is 19.7 Å². The van der Waals surface area contributed by atoms with Gasteiger partial charge in [0.25, 0.3) is 0 Å². The first-order valence-electron chi connectivity index (χ1n) is 7.76. The molecule has 4 nitrogen and oxygen atoms in total. The molecule has 1 atom stereocenters. The Balaban J connectivity index is 1.69. The minimum absolute atomic E-state index is 0.270. The number of benzene rings is 2. The maximum Gasteiger partial charge on any atom is 0.120 e. The summed E-state index contributed by atoms with van der Waals surface area (Å²) in [6.45, 7) is 3.42. The second-order valence-electron chi connectivity index (χ2n) is 5.52. The molecule has 2 aromatic carbocycles. The summed E-state index contributed by atoms with van der Waals surface area (Å²) in [5, 5.41) is 4.15. The molecule has 2 aromatic rings. The van der Waals surface area contributed by atoms with Crippen molar-refractivity contribution in [3.05, 3.63) is 53.6 Å². The van der Waals surface area contributed by atoms with Crippen LogP contribution in [0.2, 0.25) is 5.02 Å².